The molecule has 1 unspecified atom stereocenters. The Kier molecular flexibility index (Phi) is 6.09. The van der Waals surface area contributed by atoms with Gasteiger partial charge in [0.2, 0.25) is 5.91 Å². The van der Waals surface area contributed by atoms with Crippen LogP contribution in [0.3, 0.4) is 0 Å². The number of rotatable bonds is 5. The number of hydrogen-bond acceptors (Lipinski definition) is 3. The first-order valence-electron chi connectivity index (χ1n) is 7.05. The Morgan fingerprint density at radius 3 is 2.28 bits per heavy atom. The van der Waals surface area contributed by atoms with Crippen molar-refractivity contribution in [1.82, 2.24) is 10.2 Å². The Morgan fingerprint density at radius 1 is 1.28 bits per heavy atom. The minimum Gasteiger partial charge on any atom is -0.393 e. The van der Waals surface area contributed by atoms with Gasteiger partial charge in [-0.2, -0.15) is 0 Å². The van der Waals surface area contributed by atoms with Gasteiger partial charge >= 0.3 is 0 Å². The maximum atomic E-state index is 12.1. The molecule has 0 aromatic rings. The summed E-state index contributed by atoms with van der Waals surface area (Å²) in [5.74, 6) is 0.662. The van der Waals surface area contributed by atoms with E-state index in [0.29, 0.717) is 12.0 Å². The van der Waals surface area contributed by atoms with E-state index in [0.717, 1.165) is 32.1 Å². The van der Waals surface area contributed by atoms with Gasteiger partial charge in [0.25, 0.3) is 0 Å². The minimum absolute atomic E-state index is 0.0831. The van der Waals surface area contributed by atoms with E-state index in [2.05, 4.69) is 19.2 Å². The molecule has 0 bridgehead atoms. The normalized spacial score (nSPS) is 26.1. The lowest BCUT2D eigenvalue weighted by molar-refractivity contribution is -0.131. The van der Waals surface area contributed by atoms with Crippen molar-refractivity contribution in [3.63, 3.8) is 0 Å². The fourth-order valence-corrected chi connectivity index (χ4v) is 2.55. The zero-order valence-electron chi connectivity index (χ0n) is 12.1. The van der Waals surface area contributed by atoms with Crippen LogP contribution in [-0.4, -0.2) is 48.2 Å². The quantitative estimate of drug-likeness (QED) is 0.781. The van der Waals surface area contributed by atoms with Crippen molar-refractivity contribution in [3.8, 4) is 0 Å². The van der Waals surface area contributed by atoms with Crippen molar-refractivity contribution in [1.29, 1.82) is 0 Å². The highest BCUT2D eigenvalue weighted by Crippen LogP contribution is 2.20. The molecule has 1 saturated carbocycles. The van der Waals surface area contributed by atoms with Crippen LogP contribution in [0.1, 0.15) is 46.0 Å². The molecule has 1 atom stereocenters. The topological polar surface area (TPSA) is 52.6 Å². The van der Waals surface area contributed by atoms with E-state index < -0.39 is 0 Å². The van der Waals surface area contributed by atoms with Gasteiger partial charge in [0.05, 0.1) is 12.1 Å². The van der Waals surface area contributed by atoms with Crippen LogP contribution in [0.5, 0.6) is 0 Å². The van der Waals surface area contributed by atoms with E-state index in [-0.39, 0.29) is 18.1 Å². The Balaban J connectivity index is 2.52. The summed E-state index contributed by atoms with van der Waals surface area (Å²) in [4.78, 5) is 13.8. The highest BCUT2D eigenvalue weighted by molar-refractivity contribution is 5.81. The van der Waals surface area contributed by atoms with E-state index in [9.17, 15) is 9.90 Å². The van der Waals surface area contributed by atoms with Crippen LogP contribution in [0.15, 0.2) is 0 Å². The number of nitrogens with zero attached hydrogens (tertiary/aromatic N) is 1. The SMILES string of the molecule is CC(C)CC(NC1CCC(O)CC1)C(=O)N(C)C. The molecule has 0 aliphatic heterocycles. The summed E-state index contributed by atoms with van der Waals surface area (Å²) in [5, 5.41) is 13.0. The molecule has 4 heteroatoms. The van der Waals surface area contributed by atoms with Gasteiger partial charge in [0, 0.05) is 20.1 Å². The van der Waals surface area contributed by atoms with Gasteiger partial charge in [-0.3, -0.25) is 4.79 Å². The highest BCUT2D eigenvalue weighted by atomic mass is 16.3. The first kappa shape index (κ1) is 15.4. The summed E-state index contributed by atoms with van der Waals surface area (Å²) in [6.45, 7) is 4.28. The lowest BCUT2D eigenvalue weighted by Crippen LogP contribution is -2.49. The van der Waals surface area contributed by atoms with Gasteiger partial charge in [0.15, 0.2) is 0 Å². The predicted molar refractivity (Wildman–Crippen MR) is 73.3 cm³/mol. The number of likely N-dealkylation sites (N-methyl/N-ethyl adjacent to an activating group) is 1. The molecule has 106 valence electrons. The number of carbonyl (C=O) groups excluding carboxylic acids is 1. The number of hydrogen-bond donors (Lipinski definition) is 2. The molecule has 1 rings (SSSR count). The average Bonchev–Trinajstić information content (AvgIpc) is 2.29. The number of carbonyl (C=O) groups is 1. The van der Waals surface area contributed by atoms with Gasteiger partial charge in [-0.05, 0) is 38.0 Å². The molecule has 1 amide bonds. The maximum Gasteiger partial charge on any atom is 0.239 e. The van der Waals surface area contributed by atoms with Crippen molar-refractivity contribution in [2.24, 2.45) is 5.92 Å². The molecule has 0 heterocycles. The smallest absolute Gasteiger partial charge is 0.239 e. The van der Waals surface area contributed by atoms with E-state index in [1.165, 1.54) is 0 Å². The third-order valence-corrected chi connectivity index (χ3v) is 3.58. The van der Waals surface area contributed by atoms with Crippen molar-refractivity contribution in [2.75, 3.05) is 14.1 Å². The average molecular weight is 256 g/mol. The largest absolute Gasteiger partial charge is 0.393 e. The monoisotopic (exact) mass is 256 g/mol. The van der Waals surface area contributed by atoms with E-state index in [1.807, 2.05) is 14.1 Å². The summed E-state index contributed by atoms with van der Waals surface area (Å²) >= 11 is 0. The van der Waals surface area contributed by atoms with E-state index in [1.54, 1.807) is 4.90 Å². The second-order valence-electron chi connectivity index (χ2n) is 6.09. The summed E-state index contributed by atoms with van der Waals surface area (Å²) < 4.78 is 0. The first-order chi connectivity index (χ1) is 8.40. The van der Waals surface area contributed by atoms with Crippen LogP contribution in [0.25, 0.3) is 0 Å². The van der Waals surface area contributed by atoms with Crippen LogP contribution >= 0.6 is 0 Å². The molecular formula is C14H28N2O2. The maximum absolute atomic E-state index is 12.1. The van der Waals surface area contributed by atoms with Crippen LogP contribution in [-0.2, 0) is 4.79 Å². The van der Waals surface area contributed by atoms with Gasteiger partial charge in [-0.1, -0.05) is 13.8 Å². The molecular weight excluding hydrogens is 228 g/mol. The van der Waals surface area contributed by atoms with Crippen LogP contribution in [0.4, 0.5) is 0 Å². The molecule has 0 aromatic carbocycles. The molecule has 1 aliphatic rings. The molecule has 0 saturated heterocycles. The van der Waals surface area contributed by atoms with Crippen molar-refractivity contribution >= 4 is 5.91 Å². The second-order valence-corrected chi connectivity index (χ2v) is 6.09. The number of aliphatic hydroxyl groups excluding tert-OH is 1. The van der Waals surface area contributed by atoms with E-state index in [4.69, 9.17) is 0 Å². The van der Waals surface area contributed by atoms with Gasteiger partial charge in [-0.15, -0.1) is 0 Å². The van der Waals surface area contributed by atoms with Gasteiger partial charge in [0.1, 0.15) is 0 Å². The zero-order chi connectivity index (χ0) is 13.7. The Hall–Kier alpha value is -0.610. The fraction of sp³-hybridized carbons (Fsp3) is 0.929. The fourth-order valence-electron chi connectivity index (χ4n) is 2.55. The molecule has 1 fully saturated rings. The lowest BCUT2D eigenvalue weighted by atomic mass is 9.91. The van der Waals surface area contributed by atoms with Gasteiger partial charge in [-0.25, -0.2) is 0 Å². The molecule has 18 heavy (non-hydrogen) atoms. The summed E-state index contributed by atoms with van der Waals surface area (Å²) in [6, 6.07) is 0.293. The second kappa shape index (κ2) is 7.10. The van der Waals surface area contributed by atoms with Crippen molar-refractivity contribution in [2.45, 2.75) is 64.1 Å². The van der Waals surface area contributed by atoms with Crippen molar-refractivity contribution < 1.29 is 9.90 Å². The van der Waals surface area contributed by atoms with Crippen molar-refractivity contribution in [3.05, 3.63) is 0 Å². The number of aliphatic hydroxyl groups is 1. The molecule has 0 aromatic heterocycles. The summed E-state index contributed by atoms with van der Waals surface area (Å²) in [7, 11) is 3.62. The molecule has 2 N–H and O–H groups in total. The number of amides is 1. The number of nitrogens with one attached hydrogen (secondary N) is 1. The predicted octanol–water partition coefficient (Wildman–Crippen LogP) is 1.38. The Morgan fingerprint density at radius 2 is 1.83 bits per heavy atom. The van der Waals surface area contributed by atoms with E-state index >= 15 is 0 Å². The molecule has 0 spiro atoms. The summed E-state index contributed by atoms with van der Waals surface area (Å²) in [6.07, 6.45) is 4.36. The molecule has 1 aliphatic carbocycles. The highest BCUT2D eigenvalue weighted by Gasteiger charge is 2.26. The standard InChI is InChI=1S/C14H28N2O2/c1-10(2)9-13(14(18)16(3)4)15-11-5-7-12(17)8-6-11/h10-13,15,17H,5-9H2,1-4H3. The lowest BCUT2D eigenvalue weighted by Gasteiger charge is -2.31. The molecule has 0 radical (unpaired) electrons. The molecule has 4 nitrogen and oxygen atoms in total. The first-order valence-corrected chi connectivity index (χ1v) is 7.05. The summed E-state index contributed by atoms with van der Waals surface area (Å²) in [5.41, 5.74) is 0. The van der Waals surface area contributed by atoms with Crippen LogP contribution < -0.4 is 5.32 Å². The van der Waals surface area contributed by atoms with Gasteiger partial charge < -0.3 is 15.3 Å². The van der Waals surface area contributed by atoms with Crippen LogP contribution in [0, 0.1) is 5.92 Å². The Labute approximate surface area is 111 Å². The third-order valence-electron chi connectivity index (χ3n) is 3.58. The minimum atomic E-state index is -0.142. The Bertz CT molecular complexity index is 259. The zero-order valence-corrected chi connectivity index (χ0v) is 12.1. The third kappa shape index (κ3) is 4.94. The van der Waals surface area contributed by atoms with Crippen LogP contribution in [0.2, 0.25) is 0 Å².